The molecule has 0 atom stereocenters. The van der Waals surface area contributed by atoms with E-state index in [1.165, 1.54) is 24.0 Å². The zero-order valence-corrected chi connectivity index (χ0v) is 15.7. The van der Waals surface area contributed by atoms with Crippen LogP contribution in [0.3, 0.4) is 0 Å². The average molecular weight is 426 g/mol. The highest BCUT2D eigenvalue weighted by atomic mass is 127. The van der Waals surface area contributed by atoms with Gasteiger partial charge in [-0.1, -0.05) is 12.1 Å². The molecule has 7 heteroatoms. The van der Waals surface area contributed by atoms with Crippen molar-refractivity contribution in [2.45, 2.75) is 45.7 Å². The van der Waals surface area contributed by atoms with Gasteiger partial charge >= 0.3 is 0 Å². The molecule has 1 aromatic heterocycles. The first-order valence-corrected chi connectivity index (χ1v) is 7.82. The Morgan fingerprint density at radius 3 is 3.00 bits per heavy atom. The predicted molar refractivity (Wildman–Crippen MR) is 103 cm³/mol. The molecule has 0 saturated heterocycles. The third-order valence-electron chi connectivity index (χ3n) is 4.04. The molecule has 0 aliphatic heterocycles. The number of aliphatic imine (C=N–C) groups is 1. The maximum atomic E-state index is 6.03. The summed E-state index contributed by atoms with van der Waals surface area (Å²) in [6, 6.07) is 6.35. The molecule has 1 aliphatic rings. The normalized spacial score (nSPS) is 14.0. The number of aryl methyl sites for hydroxylation is 2. The highest BCUT2D eigenvalue weighted by Crippen LogP contribution is 2.27. The fraction of sp³-hybridized carbons (Fsp3) is 0.438. The molecule has 0 saturated carbocycles. The Labute approximate surface area is 153 Å². The lowest BCUT2D eigenvalue weighted by atomic mass is 9.90. The number of nitrogens with one attached hydrogen (secondary N) is 1. The van der Waals surface area contributed by atoms with E-state index in [2.05, 4.69) is 38.6 Å². The second-order valence-corrected chi connectivity index (χ2v) is 5.47. The third kappa shape index (κ3) is 4.21. The van der Waals surface area contributed by atoms with Crippen molar-refractivity contribution in [2.24, 2.45) is 10.7 Å². The van der Waals surface area contributed by atoms with Crippen LogP contribution in [0.5, 0.6) is 0 Å². The minimum atomic E-state index is 0. The Hall–Kier alpha value is -1.64. The number of nitrogens with zero attached hydrogens (tertiary/aromatic N) is 4. The molecule has 3 N–H and O–H groups in total. The van der Waals surface area contributed by atoms with E-state index in [-0.39, 0.29) is 24.0 Å². The van der Waals surface area contributed by atoms with Crippen LogP contribution >= 0.6 is 24.0 Å². The van der Waals surface area contributed by atoms with Gasteiger partial charge in [-0.3, -0.25) is 0 Å². The first kappa shape index (κ1) is 17.7. The zero-order chi connectivity index (χ0) is 15.4. The molecule has 1 heterocycles. The molecule has 0 unspecified atom stereocenters. The standard InChI is InChI=1S/C16H22N6.HI/c1-2-22-15(19-11-20-22)10-18-16(17)21-14-9-5-7-12-6-3-4-8-13(12)14;/h5,7,9,11H,2-4,6,8,10H2,1H3,(H3,17,18,21);1H. The molecule has 124 valence electrons. The van der Waals surface area contributed by atoms with Crippen LogP contribution in [0.4, 0.5) is 5.69 Å². The lowest BCUT2D eigenvalue weighted by molar-refractivity contribution is 0.616. The van der Waals surface area contributed by atoms with Crippen LogP contribution in [-0.4, -0.2) is 20.7 Å². The monoisotopic (exact) mass is 426 g/mol. The van der Waals surface area contributed by atoms with E-state index < -0.39 is 0 Å². The van der Waals surface area contributed by atoms with Crippen molar-refractivity contribution in [3.05, 3.63) is 41.5 Å². The summed E-state index contributed by atoms with van der Waals surface area (Å²) < 4.78 is 1.82. The van der Waals surface area contributed by atoms with Crippen molar-refractivity contribution in [1.29, 1.82) is 0 Å². The number of anilines is 1. The Kier molecular flexibility index (Phi) is 6.37. The fourth-order valence-electron chi connectivity index (χ4n) is 2.91. The lowest BCUT2D eigenvalue weighted by Crippen LogP contribution is -2.24. The molecule has 0 amide bonds. The summed E-state index contributed by atoms with van der Waals surface area (Å²) in [6.07, 6.45) is 6.32. The molecule has 1 aromatic carbocycles. The quantitative estimate of drug-likeness (QED) is 0.448. The second-order valence-electron chi connectivity index (χ2n) is 5.47. The number of rotatable bonds is 4. The van der Waals surface area contributed by atoms with Gasteiger partial charge in [0, 0.05) is 12.2 Å². The van der Waals surface area contributed by atoms with Gasteiger partial charge in [-0.15, -0.1) is 24.0 Å². The minimum Gasteiger partial charge on any atom is -0.370 e. The van der Waals surface area contributed by atoms with Crippen molar-refractivity contribution >= 4 is 35.6 Å². The number of guanidine groups is 1. The molecule has 2 aromatic rings. The molecule has 1 aliphatic carbocycles. The molecule has 0 radical (unpaired) electrons. The van der Waals surface area contributed by atoms with Crippen molar-refractivity contribution in [3.8, 4) is 0 Å². The van der Waals surface area contributed by atoms with Gasteiger partial charge < -0.3 is 11.1 Å². The number of benzene rings is 1. The number of hydrogen-bond acceptors (Lipinski definition) is 3. The van der Waals surface area contributed by atoms with Crippen molar-refractivity contribution in [2.75, 3.05) is 5.32 Å². The van der Waals surface area contributed by atoms with Gasteiger partial charge in [0.2, 0.25) is 0 Å². The van der Waals surface area contributed by atoms with E-state index in [1.807, 2.05) is 11.6 Å². The smallest absolute Gasteiger partial charge is 0.193 e. The van der Waals surface area contributed by atoms with Crippen LogP contribution in [0, 0.1) is 0 Å². The summed E-state index contributed by atoms with van der Waals surface area (Å²) >= 11 is 0. The summed E-state index contributed by atoms with van der Waals surface area (Å²) in [4.78, 5) is 8.58. The number of hydrogen-bond donors (Lipinski definition) is 2. The van der Waals surface area contributed by atoms with Crippen LogP contribution < -0.4 is 11.1 Å². The van der Waals surface area contributed by atoms with E-state index in [1.54, 1.807) is 6.33 Å². The van der Waals surface area contributed by atoms with Gasteiger partial charge in [-0.25, -0.2) is 14.7 Å². The first-order chi connectivity index (χ1) is 10.8. The Morgan fingerprint density at radius 2 is 2.17 bits per heavy atom. The number of nitrogens with two attached hydrogens (primary N) is 1. The molecule has 23 heavy (non-hydrogen) atoms. The Bertz CT molecular complexity index is 679. The van der Waals surface area contributed by atoms with Crippen LogP contribution in [0.25, 0.3) is 0 Å². The molecule has 0 bridgehead atoms. The van der Waals surface area contributed by atoms with Crippen LogP contribution in [0.15, 0.2) is 29.5 Å². The van der Waals surface area contributed by atoms with Crippen LogP contribution in [-0.2, 0) is 25.9 Å². The van der Waals surface area contributed by atoms with E-state index in [9.17, 15) is 0 Å². The maximum Gasteiger partial charge on any atom is 0.193 e. The van der Waals surface area contributed by atoms with E-state index in [0.29, 0.717) is 12.5 Å². The third-order valence-corrected chi connectivity index (χ3v) is 4.04. The topological polar surface area (TPSA) is 81.1 Å². The fourth-order valence-corrected chi connectivity index (χ4v) is 2.91. The highest BCUT2D eigenvalue weighted by molar-refractivity contribution is 14.0. The summed E-state index contributed by atoms with van der Waals surface area (Å²) in [5.41, 5.74) is 9.91. The van der Waals surface area contributed by atoms with E-state index in [4.69, 9.17) is 5.73 Å². The van der Waals surface area contributed by atoms with Crippen molar-refractivity contribution < 1.29 is 0 Å². The van der Waals surface area contributed by atoms with Gasteiger partial charge in [0.1, 0.15) is 18.7 Å². The molecule has 0 spiro atoms. The first-order valence-electron chi connectivity index (χ1n) is 7.82. The predicted octanol–water partition coefficient (Wildman–Crippen LogP) is 2.72. The zero-order valence-electron chi connectivity index (χ0n) is 13.3. The van der Waals surface area contributed by atoms with Gasteiger partial charge in [0.05, 0.1) is 0 Å². The van der Waals surface area contributed by atoms with Gasteiger partial charge in [-0.2, -0.15) is 5.10 Å². The van der Waals surface area contributed by atoms with Crippen LogP contribution in [0.1, 0.15) is 36.7 Å². The Balaban J connectivity index is 0.00000192. The highest BCUT2D eigenvalue weighted by Gasteiger charge is 2.13. The molecule has 3 rings (SSSR count). The molecule has 6 nitrogen and oxygen atoms in total. The molecular weight excluding hydrogens is 403 g/mol. The molecule has 0 fully saturated rings. The SMILES string of the molecule is CCn1ncnc1CN=C(N)Nc1cccc2c1CCCC2.I. The van der Waals surface area contributed by atoms with Gasteiger partial charge in [0.15, 0.2) is 5.96 Å². The van der Waals surface area contributed by atoms with Crippen LogP contribution in [0.2, 0.25) is 0 Å². The largest absolute Gasteiger partial charge is 0.370 e. The van der Waals surface area contributed by atoms with Crippen molar-refractivity contribution in [1.82, 2.24) is 14.8 Å². The van der Waals surface area contributed by atoms with E-state index in [0.717, 1.165) is 30.9 Å². The summed E-state index contributed by atoms with van der Waals surface area (Å²) in [6.45, 7) is 3.24. The summed E-state index contributed by atoms with van der Waals surface area (Å²) in [7, 11) is 0. The number of aromatic nitrogens is 3. The Morgan fingerprint density at radius 1 is 1.35 bits per heavy atom. The van der Waals surface area contributed by atoms with Gasteiger partial charge in [0.25, 0.3) is 0 Å². The summed E-state index contributed by atoms with van der Waals surface area (Å²) in [5, 5.41) is 7.37. The average Bonchev–Trinajstić information content (AvgIpc) is 3.01. The number of halogens is 1. The van der Waals surface area contributed by atoms with Crippen molar-refractivity contribution in [3.63, 3.8) is 0 Å². The summed E-state index contributed by atoms with van der Waals surface area (Å²) in [5.74, 6) is 1.24. The molecular formula is C16H23IN6. The second kappa shape index (κ2) is 8.28. The minimum absolute atomic E-state index is 0. The maximum absolute atomic E-state index is 6.03. The lowest BCUT2D eigenvalue weighted by Gasteiger charge is -2.19. The van der Waals surface area contributed by atoms with Gasteiger partial charge in [-0.05, 0) is 49.8 Å². The van der Waals surface area contributed by atoms with E-state index >= 15 is 0 Å². The number of fused-ring (bicyclic) bond motifs is 1.